The molecule has 1 aromatic heterocycles. The van der Waals surface area contributed by atoms with Gasteiger partial charge in [0.25, 0.3) is 0 Å². The second-order valence-corrected chi connectivity index (χ2v) is 5.84. The van der Waals surface area contributed by atoms with Crippen molar-refractivity contribution in [3.63, 3.8) is 0 Å². The van der Waals surface area contributed by atoms with Crippen molar-refractivity contribution < 1.29 is 0 Å². The van der Waals surface area contributed by atoms with Gasteiger partial charge in [-0.25, -0.2) is 0 Å². The molecule has 0 aliphatic heterocycles. The summed E-state index contributed by atoms with van der Waals surface area (Å²) in [5, 5.41) is 3.49. The molecule has 1 heterocycles. The van der Waals surface area contributed by atoms with Gasteiger partial charge in [-0.15, -0.1) is 0 Å². The summed E-state index contributed by atoms with van der Waals surface area (Å²) in [6, 6.07) is 13.4. The van der Waals surface area contributed by atoms with Gasteiger partial charge in [-0.05, 0) is 35.1 Å². The van der Waals surface area contributed by atoms with Gasteiger partial charge in [-0.1, -0.05) is 53.5 Å². The van der Waals surface area contributed by atoms with Crippen LogP contribution in [0.1, 0.15) is 17.2 Å². The number of pyridine rings is 1. The van der Waals surface area contributed by atoms with Crippen LogP contribution in [0.25, 0.3) is 10.8 Å². The van der Waals surface area contributed by atoms with Gasteiger partial charge in [0.05, 0.1) is 0 Å². The van der Waals surface area contributed by atoms with Crippen LogP contribution in [0, 0.1) is 0 Å². The minimum Gasteiger partial charge on any atom is -0.324 e. The van der Waals surface area contributed by atoms with Crippen molar-refractivity contribution in [2.45, 2.75) is 12.5 Å². The first-order chi connectivity index (χ1) is 10.1. The zero-order valence-electron chi connectivity index (χ0n) is 11.3. The van der Waals surface area contributed by atoms with E-state index in [1.807, 2.05) is 42.7 Å². The highest BCUT2D eigenvalue weighted by atomic mass is 35.5. The van der Waals surface area contributed by atoms with Gasteiger partial charge >= 0.3 is 0 Å². The Hall–Kier alpha value is -1.61. The summed E-state index contributed by atoms with van der Waals surface area (Å²) in [4.78, 5) is 4.28. The lowest BCUT2D eigenvalue weighted by Crippen LogP contribution is -2.14. The molecule has 106 valence electrons. The third kappa shape index (κ3) is 3.03. The minimum absolute atomic E-state index is 0.165. The summed E-state index contributed by atoms with van der Waals surface area (Å²) >= 11 is 12.1. The van der Waals surface area contributed by atoms with Crippen LogP contribution >= 0.6 is 23.2 Å². The molecule has 4 heteroatoms. The van der Waals surface area contributed by atoms with Crippen LogP contribution < -0.4 is 5.73 Å². The predicted molar refractivity (Wildman–Crippen MR) is 88.8 cm³/mol. The van der Waals surface area contributed by atoms with Crippen molar-refractivity contribution in [2.24, 2.45) is 5.73 Å². The van der Waals surface area contributed by atoms with Crippen LogP contribution in [0.5, 0.6) is 0 Å². The lowest BCUT2D eigenvalue weighted by Gasteiger charge is -2.15. The third-order valence-corrected chi connectivity index (χ3v) is 4.14. The van der Waals surface area contributed by atoms with E-state index in [-0.39, 0.29) is 6.04 Å². The second-order valence-electron chi connectivity index (χ2n) is 5.00. The van der Waals surface area contributed by atoms with E-state index in [4.69, 9.17) is 28.9 Å². The standard InChI is InChI=1S/C17H14Cl2N2/c18-13-6-5-11(16(19)8-13)7-17(20)15-10-21-9-12-3-1-2-4-14(12)15/h1-6,8-10,17H,7,20H2. The molecule has 2 N–H and O–H groups in total. The fourth-order valence-corrected chi connectivity index (χ4v) is 2.96. The van der Waals surface area contributed by atoms with Gasteiger partial charge in [0.1, 0.15) is 0 Å². The highest BCUT2D eigenvalue weighted by Crippen LogP contribution is 2.28. The van der Waals surface area contributed by atoms with Crippen LogP contribution in [-0.2, 0) is 6.42 Å². The maximum absolute atomic E-state index is 6.37. The Morgan fingerprint density at radius 1 is 1.05 bits per heavy atom. The normalized spacial score (nSPS) is 12.5. The Morgan fingerprint density at radius 2 is 1.86 bits per heavy atom. The van der Waals surface area contributed by atoms with Gasteiger partial charge < -0.3 is 5.73 Å². The molecule has 3 aromatic rings. The molecular weight excluding hydrogens is 303 g/mol. The molecule has 0 amide bonds. The highest BCUT2D eigenvalue weighted by Gasteiger charge is 2.13. The van der Waals surface area contributed by atoms with E-state index in [1.165, 1.54) is 0 Å². The summed E-state index contributed by atoms with van der Waals surface area (Å²) in [6.07, 6.45) is 4.32. The Bertz CT molecular complexity index is 781. The molecule has 0 aliphatic carbocycles. The largest absolute Gasteiger partial charge is 0.324 e. The first-order valence-electron chi connectivity index (χ1n) is 6.67. The number of rotatable bonds is 3. The number of aromatic nitrogens is 1. The summed E-state index contributed by atoms with van der Waals surface area (Å²) in [5.74, 6) is 0. The Kier molecular flexibility index (Phi) is 4.11. The quantitative estimate of drug-likeness (QED) is 0.755. The molecule has 1 atom stereocenters. The number of hydrogen-bond acceptors (Lipinski definition) is 2. The van der Waals surface area contributed by atoms with E-state index < -0.39 is 0 Å². The maximum Gasteiger partial charge on any atom is 0.0453 e. The Morgan fingerprint density at radius 3 is 2.67 bits per heavy atom. The van der Waals surface area contributed by atoms with Crippen molar-refractivity contribution in [3.05, 3.63) is 76.0 Å². The minimum atomic E-state index is -0.165. The lowest BCUT2D eigenvalue weighted by molar-refractivity contribution is 0.725. The maximum atomic E-state index is 6.37. The molecule has 0 saturated carbocycles. The van der Waals surface area contributed by atoms with Gasteiger partial charge in [-0.3, -0.25) is 4.98 Å². The van der Waals surface area contributed by atoms with Crippen molar-refractivity contribution in [3.8, 4) is 0 Å². The van der Waals surface area contributed by atoms with E-state index >= 15 is 0 Å². The van der Waals surface area contributed by atoms with Crippen molar-refractivity contribution in [1.29, 1.82) is 0 Å². The van der Waals surface area contributed by atoms with Crippen molar-refractivity contribution >= 4 is 34.0 Å². The first-order valence-corrected chi connectivity index (χ1v) is 7.43. The number of nitrogens with zero attached hydrogens (tertiary/aromatic N) is 1. The van der Waals surface area contributed by atoms with E-state index in [9.17, 15) is 0 Å². The zero-order chi connectivity index (χ0) is 14.8. The average molecular weight is 317 g/mol. The Labute approximate surface area is 133 Å². The monoisotopic (exact) mass is 316 g/mol. The van der Waals surface area contributed by atoms with E-state index in [2.05, 4.69) is 11.1 Å². The molecule has 0 radical (unpaired) electrons. The number of halogens is 2. The number of nitrogens with two attached hydrogens (primary N) is 1. The molecule has 0 fully saturated rings. The summed E-state index contributed by atoms with van der Waals surface area (Å²) in [7, 11) is 0. The van der Waals surface area contributed by atoms with E-state index in [1.54, 1.807) is 6.07 Å². The van der Waals surface area contributed by atoms with E-state index in [0.717, 1.165) is 21.9 Å². The van der Waals surface area contributed by atoms with Crippen LogP contribution in [0.4, 0.5) is 0 Å². The lowest BCUT2D eigenvalue weighted by atomic mass is 9.97. The zero-order valence-corrected chi connectivity index (χ0v) is 12.8. The molecule has 2 aromatic carbocycles. The molecule has 21 heavy (non-hydrogen) atoms. The molecule has 2 nitrogen and oxygen atoms in total. The fourth-order valence-electron chi connectivity index (χ4n) is 2.47. The summed E-state index contributed by atoms with van der Waals surface area (Å²) in [6.45, 7) is 0. The molecular formula is C17H14Cl2N2. The molecule has 1 unspecified atom stereocenters. The number of hydrogen-bond donors (Lipinski definition) is 1. The fraction of sp³-hybridized carbons (Fsp3) is 0.118. The Balaban J connectivity index is 1.95. The highest BCUT2D eigenvalue weighted by molar-refractivity contribution is 6.35. The summed E-state index contributed by atoms with van der Waals surface area (Å²) in [5.41, 5.74) is 8.38. The average Bonchev–Trinajstić information content (AvgIpc) is 2.49. The molecule has 0 bridgehead atoms. The van der Waals surface area contributed by atoms with Crippen LogP contribution in [0.2, 0.25) is 10.0 Å². The van der Waals surface area contributed by atoms with Crippen LogP contribution in [-0.4, -0.2) is 4.98 Å². The van der Waals surface area contributed by atoms with Gasteiger partial charge in [-0.2, -0.15) is 0 Å². The second kappa shape index (κ2) is 6.02. The third-order valence-electron chi connectivity index (χ3n) is 3.55. The van der Waals surface area contributed by atoms with Crippen molar-refractivity contribution in [1.82, 2.24) is 4.98 Å². The number of benzene rings is 2. The van der Waals surface area contributed by atoms with Crippen LogP contribution in [0.15, 0.2) is 54.9 Å². The van der Waals surface area contributed by atoms with Gasteiger partial charge in [0, 0.05) is 33.9 Å². The topological polar surface area (TPSA) is 38.9 Å². The molecule has 0 saturated heterocycles. The van der Waals surface area contributed by atoms with Gasteiger partial charge in [0.2, 0.25) is 0 Å². The summed E-state index contributed by atoms with van der Waals surface area (Å²) < 4.78 is 0. The van der Waals surface area contributed by atoms with E-state index in [0.29, 0.717) is 16.5 Å². The van der Waals surface area contributed by atoms with Crippen LogP contribution in [0.3, 0.4) is 0 Å². The predicted octanol–water partition coefficient (Wildman–Crippen LogP) is 4.78. The SMILES string of the molecule is NC(Cc1ccc(Cl)cc1Cl)c1cncc2ccccc12. The first kappa shape index (κ1) is 14.3. The van der Waals surface area contributed by atoms with Gasteiger partial charge in [0.15, 0.2) is 0 Å². The molecule has 3 rings (SSSR count). The smallest absolute Gasteiger partial charge is 0.0453 e. The molecule has 0 aliphatic rings. The number of fused-ring (bicyclic) bond motifs is 1. The van der Waals surface area contributed by atoms with Crippen molar-refractivity contribution in [2.75, 3.05) is 0 Å². The molecule has 0 spiro atoms.